The second-order valence-electron chi connectivity index (χ2n) is 7.05. The third-order valence-electron chi connectivity index (χ3n) is 4.81. The molecule has 3 aromatic rings. The van der Waals surface area contributed by atoms with E-state index >= 15 is 0 Å². The Morgan fingerprint density at radius 2 is 1.71 bits per heavy atom. The van der Waals surface area contributed by atoms with Crippen molar-refractivity contribution in [1.29, 1.82) is 0 Å². The fourth-order valence-corrected chi connectivity index (χ4v) is 3.42. The van der Waals surface area contributed by atoms with Crippen LogP contribution in [0.1, 0.15) is 23.2 Å². The van der Waals surface area contributed by atoms with Gasteiger partial charge in [-0.25, -0.2) is 0 Å². The monoisotopic (exact) mass is 436 g/mol. The van der Waals surface area contributed by atoms with Gasteiger partial charge in [0.15, 0.2) is 5.75 Å². The minimum Gasteiger partial charge on any atom is -0.454 e. The van der Waals surface area contributed by atoms with Gasteiger partial charge < -0.3 is 20.1 Å². The van der Waals surface area contributed by atoms with E-state index in [0.717, 1.165) is 6.42 Å². The first-order valence-corrected chi connectivity index (χ1v) is 10.3. The van der Waals surface area contributed by atoms with Crippen LogP contribution in [0.2, 0.25) is 5.02 Å². The highest BCUT2D eigenvalue weighted by atomic mass is 35.5. The van der Waals surface area contributed by atoms with Gasteiger partial charge in [0.2, 0.25) is 0 Å². The molecule has 1 aliphatic rings. The smallest absolute Gasteiger partial charge is 0.255 e. The molecule has 0 aromatic heterocycles. The molecule has 1 heterocycles. The summed E-state index contributed by atoms with van der Waals surface area (Å²) in [7, 11) is 0. The van der Waals surface area contributed by atoms with Crippen LogP contribution in [-0.2, 0) is 9.53 Å². The zero-order valence-corrected chi connectivity index (χ0v) is 17.4. The number of anilines is 2. The maximum Gasteiger partial charge on any atom is 0.255 e. The van der Waals surface area contributed by atoms with Crippen LogP contribution in [-0.4, -0.2) is 24.5 Å². The maximum atomic E-state index is 12.8. The van der Waals surface area contributed by atoms with E-state index in [1.807, 2.05) is 18.2 Å². The van der Waals surface area contributed by atoms with Gasteiger partial charge in [0, 0.05) is 17.9 Å². The highest BCUT2D eigenvalue weighted by molar-refractivity contribution is 6.32. The number of halogens is 1. The van der Waals surface area contributed by atoms with Crippen LogP contribution >= 0.6 is 11.6 Å². The van der Waals surface area contributed by atoms with Crippen molar-refractivity contribution in [2.75, 3.05) is 17.2 Å². The van der Waals surface area contributed by atoms with E-state index in [1.54, 1.807) is 54.6 Å². The zero-order valence-electron chi connectivity index (χ0n) is 16.6. The average molecular weight is 437 g/mol. The molecule has 0 aliphatic carbocycles. The Morgan fingerprint density at radius 1 is 0.935 bits per heavy atom. The van der Waals surface area contributed by atoms with Crippen LogP contribution in [0.4, 0.5) is 11.4 Å². The number of benzene rings is 3. The van der Waals surface area contributed by atoms with Gasteiger partial charge >= 0.3 is 0 Å². The maximum absolute atomic E-state index is 12.8. The lowest BCUT2D eigenvalue weighted by molar-refractivity contribution is -0.124. The topological polar surface area (TPSA) is 76.7 Å². The predicted octanol–water partition coefficient (Wildman–Crippen LogP) is 5.50. The molecule has 2 N–H and O–H groups in total. The molecular formula is C24H21ClN2O4. The van der Waals surface area contributed by atoms with Gasteiger partial charge in [0.25, 0.3) is 11.8 Å². The normalized spacial score (nSPS) is 15.3. The quantitative estimate of drug-likeness (QED) is 0.534. The standard InChI is InChI=1S/C24H21ClN2O4/c25-18-9-1-3-11-20(18)31-21-12-4-2-10-19(21)27-23(28)16-7-5-8-17(15-16)26-24(29)22-13-6-14-30-22/h1-5,7-12,15,22H,6,13-14H2,(H,26,29)(H,27,28). The van der Waals surface area contributed by atoms with Crippen molar-refractivity contribution in [3.05, 3.63) is 83.4 Å². The summed E-state index contributed by atoms with van der Waals surface area (Å²) in [6.07, 6.45) is 1.14. The number of hydrogen-bond donors (Lipinski definition) is 2. The molecule has 1 atom stereocenters. The van der Waals surface area contributed by atoms with E-state index in [4.69, 9.17) is 21.1 Å². The van der Waals surface area contributed by atoms with E-state index in [1.165, 1.54) is 0 Å². The largest absolute Gasteiger partial charge is 0.454 e. The van der Waals surface area contributed by atoms with Crippen LogP contribution in [0, 0.1) is 0 Å². The Bertz CT molecular complexity index is 1100. The van der Waals surface area contributed by atoms with Crippen molar-refractivity contribution in [1.82, 2.24) is 0 Å². The van der Waals surface area contributed by atoms with E-state index in [0.29, 0.717) is 46.5 Å². The SMILES string of the molecule is O=C(Nc1ccccc1Oc1ccccc1Cl)c1cccc(NC(=O)C2CCCO2)c1. The number of hydrogen-bond acceptors (Lipinski definition) is 4. The van der Waals surface area contributed by atoms with E-state index in [2.05, 4.69) is 10.6 Å². The molecular weight excluding hydrogens is 416 g/mol. The summed E-state index contributed by atoms with van der Waals surface area (Å²) in [5.41, 5.74) is 1.44. The molecule has 2 amide bonds. The van der Waals surface area contributed by atoms with Crippen molar-refractivity contribution in [2.24, 2.45) is 0 Å². The van der Waals surface area contributed by atoms with Crippen molar-refractivity contribution in [3.8, 4) is 11.5 Å². The van der Waals surface area contributed by atoms with Gasteiger partial charge in [0.1, 0.15) is 11.9 Å². The molecule has 1 aliphatic heterocycles. The van der Waals surface area contributed by atoms with Gasteiger partial charge in [-0.1, -0.05) is 41.9 Å². The third kappa shape index (κ3) is 5.23. The first kappa shape index (κ1) is 20.9. The summed E-state index contributed by atoms with van der Waals surface area (Å²) in [5, 5.41) is 6.14. The number of carbonyl (C=O) groups excluding carboxylic acids is 2. The molecule has 6 nitrogen and oxygen atoms in total. The summed E-state index contributed by atoms with van der Waals surface area (Å²) in [6, 6.07) is 21.0. The Hall–Kier alpha value is -3.35. The minimum atomic E-state index is -0.439. The molecule has 0 radical (unpaired) electrons. The van der Waals surface area contributed by atoms with E-state index in [9.17, 15) is 9.59 Å². The highest BCUT2D eigenvalue weighted by Crippen LogP contribution is 2.33. The Morgan fingerprint density at radius 3 is 2.48 bits per heavy atom. The van der Waals surface area contributed by atoms with E-state index in [-0.39, 0.29) is 11.8 Å². The first-order valence-electron chi connectivity index (χ1n) is 9.95. The molecule has 0 bridgehead atoms. The van der Waals surface area contributed by atoms with Crippen molar-refractivity contribution in [3.63, 3.8) is 0 Å². The number of amides is 2. The van der Waals surface area contributed by atoms with Crippen LogP contribution in [0.25, 0.3) is 0 Å². The number of carbonyl (C=O) groups is 2. The first-order chi connectivity index (χ1) is 15.1. The van der Waals surface area contributed by atoms with Crippen LogP contribution in [0.5, 0.6) is 11.5 Å². The summed E-state index contributed by atoms with van der Waals surface area (Å²) >= 11 is 6.18. The molecule has 1 unspecified atom stereocenters. The molecule has 0 spiro atoms. The molecule has 31 heavy (non-hydrogen) atoms. The number of rotatable bonds is 6. The lowest BCUT2D eigenvalue weighted by atomic mass is 10.1. The molecule has 7 heteroatoms. The second kappa shape index (κ2) is 9.64. The number of ether oxygens (including phenoxy) is 2. The lowest BCUT2D eigenvalue weighted by Crippen LogP contribution is -2.27. The fourth-order valence-electron chi connectivity index (χ4n) is 3.24. The Balaban J connectivity index is 1.47. The molecule has 158 valence electrons. The van der Waals surface area contributed by atoms with Gasteiger partial charge in [-0.2, -0.15) is 0 Å². The molecule has 1 fully saturated rings. The number of para-hydroxylation sites is 3. The summed E-state index contributed by atoms with van der Waals surface area (Å²) in [6.45, 7) is 0.593. The molecule has 0 saturated carbocycles. The Labute approximate surface area is 185 Å². The third-order valence-corrected chi connectivity index (χ3v) is 5.12. The van der Waals surface area contributed by atoms with E-state index < -0.39 is 6.10 Å². The van der Waals surface area contributed by atoms with Crippen molar-refractivity contribution < 1.29 is 19.1 Å². The fraction of sp³-hybridized carbons (Fsp3) is 0.167. The lowest BCUT2D eigenvalue weighted by Gasteiger charge is -2.14. The van der Waals surface area contributed by atoms with Gasteiger partial charge in [-0.05, 0) is 55.3 Å². The molecule has 3 aromatic carbocycles. The molecule has 1 saturated heterocycles. The minimum absolute atomic E-state index is 0.200. The average Bonchev–Trinajstić information content (AvgIpc) is 3.32. The predicted molar refractivity (Wildman–Crippen MR) is 120 cm³/mol. The number of nitrogens with one attached hydrogen (secondary N) is 2. The zero-order chi connectivity index (χ0) is 21.6. The van der Waals surface area contributed by atoms with Crippen molar-refractivity contribution >= 4 is 34.8 Å². The molecule has 4 rings (SSSR count). The Kier molecular flexibility index (Phi) is 6.50. The van der Waals surface area contributed by atoms with Crippen LogP contribution in [0.3, 0.4) is 0 Å². The van der Waals surface area contributed by atoms with Crippen LogP contribution in [0.15, 0.2) is 72.8 Å². The highest BCUT2D eigenvalue weighted by Gasteiger charge is 2.23. The van der Waals surface area contributed by atoms with Gasteiger partial charge in [-0.15, -0.1) is 0 Å². The van der Waals surface area contributed by atoms with Gasteiger partial charge in [-0.3, -0.25) is 9.59 Å². The van der Waals surface area contributed by atoms with Crippen LogP contribution < -0.4 is 15.4 Å². The summed E-state index contributed by atoms with van der Waals surface area (Å²) in [4.78, 5) is 25.1. The summed E-state index contributed by atoms with van der Waals surface area (Å²) in [5.74, 6) is 0.425. The summed E-state index contributed by atoms with van der Waals surface area (Å²) < 4.78 is 11.3. The van der Waals surface area contributed by atoms with Gasteiger partial charge in [0.05, 0.1) is 10.7 Å². The second-order valence-corrected chi connectivity index (χ2v) is 7.46. The van der Waals surface area contributed by atoms with Crippen molar-refractivity contribution in [2.45, 2.75) is 18.9 Å².